The molecule has 10 nitrogen and oxygen atoms in total. The van der Waals surface area contributed by atoms with Crippen molar-refractivity contribution in [1.29, 1.82) is 0 Å². The van der Waals surface area contributed by atoms with Crippen LogP contribution in [0.3, 0.4) is 0 Å². The van der Waals surface area contributed by atoms with Crippen molar-refractivity contribution in [2.75, 3.05) is 24.4 Å². The molecule has 2 amide bonds. The van der Waals surface area contributed by atoms with Crippen molar-refractivity contribution in [2.24, 2.45) is 7.05 Å². The van der Waals surface area contributed by atoms with Gasteiger partial charge in [-0.05, 0) is 79.9 Å². The summed E-state index contributed by atoms with van der Waals surface area (Å²) in [4.78, 5) is 36.2. The van der Waals surface area contributed by atoms with Crippen molar-refractivity contribution in [2.45, 2.75) is 32.7 Å². The number of rotatable bonds is 12. The molecule has 3 aromatic carbocycles. The van der Waals surface area contributed by atoms with Crippen LogP contribution in [0.1, 0.15) is 40.7 Å². The van der Waals surface area contributed by atoms with E-state index in [0.29, 0.717) is 54.2 Å². The summed E-state index contributed by atoms with van der Waals surface area (Å²) in [6, 6.07) is 19.8. The summed E-state index contributed by atoms with van der Waals surface area (Å²) in [7, 11) is 3.29. The Hall–Kier alpha value is -4.83. The van der Waals surface area contributed by atoms with E-state index in [4.69, 9.17) is 14.7 Å². The first-order valence-corrected chi connectivity index (χ1v) is 13.3. The van der Waals surface area contributed by atoms with Gasteiger partial charge in [-0.25, -0.2) is 5.48 Å². The highest BCUT2D eigenvalue weighted by atomic mass is 16.5. The summed E-state index contributed by atoms with van der Waals surface area (Å²) in [5.74, 6) is 0.640. The minimum Gasteiger partial charge on any atom is -0.495 e. The number of carbonyl (C=O) groups is 2. The maximum atomic E-state index is 12.4. The molecule has 10 heteroatoms. The molecule has 1 heterocycles. The van der Waals surface area contributed by atoms with E-state index in [1.54, 1.807) is 55.4 Å². The Labute approximate surface area is 237 Å². The molecule has 0 fully saturated rings. The van der Waals surface area contributed by atoms with E-state index in [2.05, 4.69) is 10.6 Å². The normalized spacial score (nSPS) is 10.7. The van der Waals surface area contributed by atoms with E-state index in [0.717, 1.165) is 28.6 Å². The average Bonchev–Trinajstić information content (AvgIpc) is 2.98. The van der Waals surface area contributed by atoms with Crippen molar-refractivity contribution < 1.29 is 24.3 Å². The highest BCUT2D eigenvalue weighted by Gasteiger charge is 2.10. The zero-order chi connectivity index (χ0) is 29.4. The molecule has 214 valence electrons. The smallest absolute Gasteiger partial charge is 0.274 e. The van der Waals surface area contributed by atoms with Crippen molar-refractivity contribution in [3.63, 3.8) is 0 Å². The molecule has 4 N–H and O–H groups in total. The van der Waals surface area contributed by atoms with Gasteiger partial charge in [-0.3, -0.25) is 19.6 Å². The summed E-state index contributed by atoms with van der Waals surface area (Å²) in [5.41, 5.74) is 5.70. The fourth-order valence-electron chi connectivity index (χ4n) is 4.48. The number of ether oxygens (including phenoxy) is 2. The van der Waals surface area contributed by atoms with E-state index < -0.39 is 5.91 Å². The molecule has 1 aromatic heterocycles. The van der Waals surface area contributed by atoms with E-state index in [1.165, 1.54) is 0 Å². The molecular formula is C31H34N4O6. The number of carbonyl (C=O) groups excluding carboxylic acids is 2. The number of methoxy groups -OCH3 is 1. The van der Waals surface area contributed by atoms with Gasteiger partial charge in [0.2, 0.25) is 5.91 Å². The van der Waals surface area contributed by atoms with Gasteiger partial charge in [0.25, 0.3) is 11.5 Å². The van der Waals surface area contributed by atoms with E-state index in [9.17, 15) is 14.4 Å². The topological polar surface area (TPSA) is 131 Å². The molecule has 0 aliphatic carbocycles. The van der Waals surface area contributed by atoms with Crippen LogP contribution < -0.4 is 31.1 Å². The van der Waals surface area contributed by atoms with Crippen LogP contribution in [0.4, 0.5) is 11.4 Å². The van der Waals surface area contributed by atoms with Crippen LogP contribution in [0, 0.1) is 6.92 Å². The number of benzene rings is 3. The zero-order valence-corrected chi connectivity index (χ0v) is 23.3. The molecule has 41 heavy (non-hydrogen) atoms. The molecule has 0 unspecified atom stereocenters. The predicted molar refractivity (Wildman–Crippen MR) is 158 cm³/mol. The third-order valence-corrected chi connectivity index (χ3v) is 6.72. The lowest BCUT2D eigenvalue weighted by Gasteiger charge is -2.13. The number of hydroxylamine groups is 1. The van der Waals surface area contributed by atoms with Crippen LogP contribution in [-0.2, 0) is 18.4 Å². The Kier molecular flexibility index (Phi) is 9.60. The molecule has 0 saturated heterocycles. The number of amides is 2. The lowest BCUT2D eigenvalue weighted by Crippen LogP contribution is -2.19. The highest BCUT2D eigenvalue weighted by molar-refractivity contribution is 5.95. The molecule has 0 saturated carbocycles. The molecule has 4 aromatic rings. The average molecular weight is 559 g/mol. The van der Waals surface area contributed by atoms with E-state index in [-0.39, 0.29) is 11.5 Å². The van der Waals surface area contributed by atoms with Gasteiger partial charge in [0.1, 0.15) is 11.5 Å². The summed E-state index contributed by atoms with van der Waals surface area (Å²) < 4.78 is 12.8. The number of hydrogen-bond acceptors (Lipinski definition) is 7. The minimum atomic E-state index is -0.604. The Morgan fingerprint density at radius 2 is 1.76 bits per heavy atom. The first-order valence-electron chi connectivity index (χ1n) is 13.3. The maximum absolute atomic E-state index is 12.4. The number of fused-ring (bicyclic) bond motifs is 1. The third kappa shape index (κ3) is 7.43. The van der Waals surface area contributed by atoms with Gasteiger partial charge in [0, 0.05) is 42.2 Å². The van der Waals surface area contributed by atoms with Gasteiger partial charge in [-0.1, -0.05) is 12.1 Å². The first-order chi connectivity index (χ1) is 19.8. The van der Waals surface area contributed by atoms with Crippen molar-refractivity contribution in [1.82, 2.24) is 10.0 Å². The maximum Gasteiger partial charge on any atom is 0.274 e. The van der Waals surface area contributed by atoms with Crippen LogP contribution in [-0.4, -0.2) is 35.3 Å². The van der Waals surface area contributed by atoms with Crippen LogP contribution in [0.25, 0.3) is 10.9 Å². The van der Waals surface area contributed by atoms with Crippen molar-refractivity contribution >= 4 is 34.1 Å². The predicted octanol–water partition coefficient (Wildman–Crippen LogP) is 4.77. The summed E-state index contributed by atoms with van der Waals surface area (Å²) >= 11 is 0. The lowest BCUT2D eigenvalue weighted by atomic mass is 10.1. The molecule has 0 bridgehead atoms. The van der Waals surface area contributed by atoms with Gasteiger partial charge in [-0.15, -0.1) is 0 Å². The Morgan fingerprint density at radius 3 is 2.49 bits per heavy atom. The van der Waals surface area contributed by atoms with Crippen LogP contribution in [0.5, 0.6) is 11.5 Å². The molecule has 0 radical (unpaired) electrons. The molecule has 0 aliphatic heterocycles. The third-order valence-electron chi connectivity index (χ3n) is 6.72. The Balaban J connectivity index is 1.19. The second-order valence-corrected chi connectivity index (χ2v) is 9.67. The Bertz CT molecular complexity index is 1600. The second-order valence-electron chi connectivity index (χ2n) is 9.67. The SMILES string of the molecule is COc1ccc(C(=O)NO)cc1NCc1ccc(OCCCCC(=O)Nc2ccc3c(c2)cc(C)c(=O)n3C)cc1. The number of hydrogen-bond donors (Lipinski definition) is 4. The monoisotopic (exact) mass is 558 g/mol. The van der Waals surface area contributed by atoms with Gasteiger partial charge in [0.05, 0.1) is 24.9 Å². The molecule has 4 rings (SSSR count). The second kappa shape index (κ2) is 13.5. The highest BCUT2D eigenvalue weighted by Crippen LogP contribution is 2.26. The summed E-state index contributed by atoms with van der Waals surface area (Å²) in [5, 5.41) is 15.9. The van der Waals surface area contributed by atoms with Gasteiger partial charge >= 0.3 is 0 Å². The van der Waals surface area contributed by atoms with E-state index >= 15 is 0 Å². The molecule has 0 spiro atoms. The zero-order valence-electron chi connectivity index (χ0n) is 23.3. The minimum absolute atomic E-state index is 0.0275. The van der Waals surface area contributed by atoms with Crippen LogP contribution in [0.15, 0.2) is 71.5 Å². The lowest BCUT2D eigenvalue weighted by molar-refractivity contribution is -0.116. The number of pyridine rings is 1. The van der Waals surface area contributed by atoms with Crippen molar-refractivity contribution in [3.05, 3.63) is 93.8 Å². The van der Waals surface area contributed by atoms with Gasteiger partial charge in [-0.2, -0.15) is 0 Å². The molecular weight excluding hydrogens is 524 g/mol. The van der Waals surface area contributed by atoms with Crippen molar-refractivity contribution in [3.8, 4) is 11.5 Å². The fourth-order valence-corrected chi connectivity index (χ4v) is 4.48. The summed E-state index contributed by atoms with van der Waals surface area (Å²) in [6.07, 6.45) is 1.79. The molecule has 0 atom stereocenters. The van der Waals surface area contributed by atoms with Gasteiger partial charge in [0.15, 0.2) is 0 Å². The first kappa shape index (κ1) is 29.2. The number of aryl methyl sites for hydroxylation is 2. The number of anilines is 2. The number of unbranched alkanes of at least 4 members (excludes halogenated alkanes) is 1. The van der Waals surface area contributed by atoms with Crippen LogP contribution >= 0.6 is 0 Å². The quantitative estimate of drug-likeness (QED) is 0.112. The largest absolute Gasteiger partial charge is 0.495 e. The molecule has 0 aliphatic rings. The van der Waals surface area contributed by atoms with Gasteiger partial charge < -0.3 is 24.7 Å². The fraction of sp³-hybridized carbons (Fsp3) is 0.258. The standard InChI is InChI=1S/C31H34N4O6/c1-20-16-23-17-24(10-13-27(23)35(2)31(20)38)33-29(36)6-4-5-15-41-25-11-7-21(8-12-25)19-32-26-18-22(30(37)34-39)9-14-28(26)40-3/h7-14,16-18,32,39H,4-6,15,19H2,1-3H3,(H,33,36)(H,34,37). The number of aromatic nitrogens is 1. The Morgan fingerprint density at radius 1 is 0.976 bits per heavy atom. The summed E-state index contributed by atoms with van der Waals surface area (Å²) in [6.45, 7) is 2.76. The van der Waals surface area contributed by atoms with E-state index in [1.807, 2.05) is 42.5 Å². The number of nitrogens with one attached hydrogen (secondary N) is 3. The number of nitrogens with zero attached hydrogens (tertiary/aromatic N) is 1. The van der Waals surface area contributed by atoms with Crippen LogP contribution in [0.2, 0.25) is 0 Å².